The number of halogens is 1. The number of anilines is 2. The molecule has 0 spiro atoms. The normalized spacial score (nSPS) is 10.0. The van der Waals surface area contributed by atoms with Crippen molar-refractivity contribution in [3.05, 3.63) is 61.6 Å². The molecule has 0 heterocycles. The smallest absolute Gasteiger partial charge is 0.314 e. The number of methoxy groups -OCH3 is 1. The van der Waals surface area contributed by atoms with Crippen LogP contribution in [0, 0.1) is 20.2 Å². The number of nitro groups is 2. The fraction of sp³-hybridized carbons (Fsp3) is 0.0667. The molecule has 27 heavy (non-hydrogen) atoms. The van der Waals surface area contributed by atoms with Crippen LogP contribution in [0.25, 0.3) is 0 Å². The van der Waals surface area contributed by atoms with Crippen LogP contribution in [-0.2, 0) is 9.59 Å². The standard InChI is InChI=1S/C15H11ClN4O7/c1-27-13-5-3-9(20(25)26)7-12(13)18-15(22)14(21)17-11-6-8(19(23)24)2-4-10(11)16/h2-7H,1H3,(H,17,21)(H,18,22). The van der Waals surface area contributed by atoms with Gasteiger partial charge in [0.2, 0.25) is 0 Å². The number of benzene rings is 2. The maximum Gasteiger partial charge on any atom is 0.314 e. The second-order valence-corrected chi connectivity index (χ2v) is 5.38. The first-order valence-corrected chi connectivity index (χ1v) is 7.49. The van der Waals surface area contributed by atoms with Crippen molar-refractivity contribution in [1.82, 2.24) is 0 Å². The van der Waals surface area contributed by atoms with Crippen molar-refractivity contribution in [2.45, 2.75) is 0 Å². The molecule has 11 nitrogen and oxygen atoms in total. The number of nitrogens with one attached hydrogen (secondary N) is 2. The molecule has 2 N–H and O–H groups in total. The summed E-state index contributed by atoms with van der Waals surface area (Å²) in [6, 6.07) is 6.75. The average Bonchev–Trinajstić information content (AvgIpc) is 2.62. The van der Waals surface area contributed by atoms with Gasteiger partial charge < -0.3 is 15.4 Å². The first-order chi connectivity index (χ1) is 12.7. The van der Waals surface area contributed by atoms with Crippen molar-refractivity contribution < 1.29 is 24.2 Å². The minimum Gasteiger partial charge on any atom is -0.495 e. The lowest BCUT2D eigenvalue weighted by molar-refractivity contribution is -0.385. The Balaban J connectivity index is 2.21. The number of nitro benzene ring substituents is 2. The number of amides is 2. The van der Waals surface area contributed by atoms with E-state index < -0.39 is 21.7 Å². The fourth-order valence-corrected chi connectivity index (χ4v) is 2.15. The summed E-state index contributed by atoms with van der Waals surface area (Å²) >= 11 is 5.85. The zero-order valence-electron chi connectivity index (χ0n) is 13.6. The third-order valence-corrected chi connectivity index (χ3v) is 3.59. The number of nitrogens with zero attached hydrogens (tertiary/aromatic N) is 2. The quantitative estimate of drug-likeness (QED) is 0.448. The second kappa shape index (κ2) is 8.10. The van der Waals surface area contributed by atoms with Crippen LogP contribution in [0.4, 0.5) is 22.7 Å². The molecule has 0 fully saturated rings. The Morgan fingerprint density at radius 2 is 1.41 bits per heavy atom. The maximum atomic E-state index is 12.1. The molecule has 2 amide bonds. The topological polar surface area (TPSA) is 154 Å². The summed E-state index contributed by atoms with van der Waals surface area (Å²) in [4.78, 5) is 44.4. The van der Waals surface area contributed by atoms with Gasteiger partial charge in [-0.15, -0.1) is 0 Å². The molecular weight excluding hydrogens is 384 g/mol. The Bertz CT molecular complexity index is 948. The predicted octanol–water partition coefficient (Wildman–Crippen LogP) is 2.74. The lowest BCUT2D eigenvalue weighted by Gasteiger charge is -2.10. The van der Waals surface area contributed by atoms with Gasteiger partial charge in [0, 0.05) is 24.3 Å². The van der Waals surface area contributed by atoms with E-state index in [1.807, 2.05) is 0 Å². The molecule has 0 bridgehead atoms. The van der Waals surface area contributed by atoms with E-state index >= 15 is 0 Å². The number of hydrogen-bond acceptors (Lipinski definition) is 7. The number of non-ortho nitro benzene ring substituents is 2. The van der Waals surface area contributed by atoms with E-state index in [1.54, 1.807) is 0 Å². The zero-order chi connectivity index (χ0) is 20.1. The summed E-state index contributed by atoms with van der Waals surface area (Å²) in [6.45, 7) is 0. The molecule has 0 aromatic heterocycles. The van der Waals surface area contributed by atoms with Gasteiger partial charge in [-0.1, -0.05) is 11.6 Å². The van der Waals surface area contributed by atoms with Crippen LogP contribution < -0.4 is 15.4 Å². The van der Waals surface area contributed by atoms with Gasteiger partial charge in [-0.3, -0.25) is 29.8 Å². The molecule has 0 saturated carbocycles. The highest BCUT2D eigenvalue weighted by atomic mass is 35.5. The Morgan fingerprint density at radius 1 is 0.926 bits per heavy atom. The van der Waals surface area contributed by atoms with Gasteiger partial charge in [0.05, 0.1) is 33.4 Å². The molecule has 0 atom stereocenters. The number of carbonyl (C=O) groups excluding carboxylic acids is 2. The van der Waals surface area contributed by atoms with Crippen molar-refractivity contribution in [3.8, 4) is 5.75 Å². The summed E-state index contributed by atoms with van der Waals surface area (Å²) in [5.41, 5.74) is -0.905. The minimum absolute atomic E-state index is 0.0188. The third kappa shape index (κ3) is 4.67. The van der Waals surface area contributed by atoms with Gasteiger partial charge in [0.15, 0.2) is 0 Å². The van der Waals surface area contributed by atoms with Crippen LogP contribution in [0.1, 0.15) is 0 Å². The van der Waals surface area contributed by atoms with Crippen molar-refractivity contribution >= 4 is 46.2 Å². The van der Waals surface area contributed by atoms with Gasteiger partial charge >= 0.3 is 11.8 Å². The Morgan fingerprint density at radius 3 is 1.93 bits per heavy atom. The van der Waals surface area contributed by atoms with E-state index in [0.29, 0.717) is 0 Å². The highest BCUT2D eigenvalue weighted by Gasteiger charge is 2.20. The van der Waals surface area contributed by atoms with E-state index in [4.69, 9.17) is 16.3 Å². The summed E-state index contributed by atoms with van der Waals surface area (Å²) in [6.07, 6.45) is 0. The lowest BCUT2D eigenvalue weighted by atomic mass is 10.2. The van der Waals surface area contributed by atoms with Crippen LogP contribution >= 0.6 is 11.6 Å². The zero-order valence-corrected chi connectivity index (χ0v) is 14.4. The Labute approximate surface area is 156 Å². The van der Waals surface area contributed by atoms with Crippen LogP contribution in [0.2, 0.25) is 5.02 Å². The largest absolute Gasteiger partial charge is 0.495 e. The monoisotopic (exact) mass is 394 g/mol. The second-order valence-electron chi connectivity index (χ2n) is 4.97. The van der Waals surface area contributed by atoms with Crippen LogP contribution in [0.5, 0.6) is 5.75 Å². The molecule has 12 heteroatoms. The number of carbonyl (C=O) groups is 2. The number of hydrogen-bond donors (Lipinski definition) is 2. The van der Waals surface area contributed by atoms with E-state index in [1.165, 1.54) is 19.2 Å². The molecule has 0 aliphatic rings. The molecule has 0 aliphatic carbocycles. The van der Waals surface area contributed by atoms with Gasteiger partial charge in [-0.05, 0) is 12.1 Å². The lowest BCUT2D eigenvalue weighted by Crippen LogP contribution is -2.29. The predicted molar refractivity (Wildman–Crippen MR) is 95.0 cm³/mol. The Kier molecular flexibility index (Phi) is 5.88. The average molecular weight is 395 g/mol. The highest BCUT2D eigenvalue weighted by molar-refractivity contribution is 6.45. The van der Waals surface area contributed by atoms with E-state index in [9.17, 15) is 29.8 Å². The Hall–Kier alpha value is -3.73. The first-order valence-electron chi connectivity index (χ1n) is 7.11. The van der Waals surface area contributed by atoms with Crippen LogP contribution in [0.3, 0.4) is 0 Å². The number of ether oxygens (including phenoxy) is 1. The molecule has 0 unspecified atom stereocenters. The van der Waals surface area contributed by atoms with Gasteiger partial charge in [-0.2, -0.15) is 0 Å². The van der Waals surface area contributed by atoms with Crippen LogP contribution in [-0.4, -0.2) is 28.8 Å². The number of rotatable bonds is 5. The van der Waals surface area contributed by atoms with Crippen molar-refractivity contribution in [3.63, 3.8) is 0 Å². The van der Waals surface area contributed by atoms with E-state index in [0.717, 1.165) is 24.3 Å². The van der Waals surface area contributed by atoms with Gasteiger partial charge in [0.25, 0.3) is 11.4 Å². The van der Waals surface area contributed by atoms with Gasteiger partial charge in [-0.25, -0.2) is 0 Å². The van der Waals surface area contributed by atoms with Crippen molar-refractivity contribution in [2.24, 2.45) is 0 Å². The van der Waals surface area contributed by atoms with Crippen LogP contribution in [0.15, 0.2) is 36.4 Å². The summed E-state index contributed by atoms with van der Waals surface area (Å²) < 4.78 is 4.98. The minimum atomic E-state index is -1.19. The molecule has 0 aliphatic heterocycles. The molecule has 0 saturated heterocycles. The maximum absolute atomic E-state index is 12.1. The van der Waals surface area contributed by atoms with Gasteiger partial charge in [0.1, 0.15) is 5.75 Å². The van der Waals surface area contributed by atoms with E-state index in [-0.39, 0.29) is 33.5 Å². The molecule has 2 aromatic carbocycles. The summed E-state index contributed by atoms with van der Waals surface area (Å²) in [5.74, 6) is -2.28. The molecule has 140 valence electrons. The van der Waals surface area contributed by atoms with E-state index in [2.05, 4.69) is 10.6 Å². The summed E-state index contributed by atoms with van der Waals surface area (Å²) in [5, 5.41) is 25.9. The molecule has 2 rings (SSSR count). The first kappa shape index (κ1) is 19.6. The fourth-order valence-electron chi connectivity index (χ4n) is 1.99. The third-order valence-electron chi connectivity index (χ3n) is 3.26. The van der Waals surface area contributed by atoms with Crippen molar-refractivity contribution in [2.75, 3.05) is 17.7 Å². The highest BCUT2D eigenvalue weighted by Crippen LogP contribution is 2.29. The summed E-state index contributed by atoms with van der Waals surface area (Å²) in [7, 11) is 1.28. The molecular formula is C15H11ClN4O7. The van der Waals surface area contributed by atoms with Crippen molar-refractivity contribution in [1.29, 1.82) is 0 Å². The molecule has 0 radical (unpaired) electrons. The SMILES string of the molecule is COc1ccc([N+](=O)[O-])cc1NC(=O)C(=O)Nc1cc([N+](=O)[O-])ccc1Cl. The molecule has 2 aromatic rings.